The minimum atomic E-state index is -5.92. The summed E-state index contributed by atoms with van der Waals surface area (Å²) in [6.45, 7) is 11.1. The van der Waals surface area contributed by atoms with Gasteiger partial charge >= 0.3 is 15.6 Å². The van der Waals surface area contributed by atoms with E-state index in [1.807, 2.05) is 26.0 Å². The zero-order chi connectivity index (χ0) is 25.3. The molecule has 34 heavy (non-hydrogen) atoms. The standard InChI is InChI=1S/C22H28F3N3O4SSi/c1-6-16-11-15(2)7-8-17(16)19-12-20-18(21(27-19)32-33(29,30)22(23,24)25)13-26-28(20)14-31-9-10-34(3,4)5/h7-8,11-13H,6,9-10,14H2,1-5H3. The Morgan fingerprint density at radius 3 is 2.47 bits per heavy atom. The molecule has 186 valence electrons. The number of aromatic nitrogens is 3. The van der Waals surface area contributed by atoms with Gasteiger partial charge in [0, 0.05) is 20.2 Å². The van der Waals surface area contributed by atoms with Gasteiger partial charge in [-0.25, -0.2) is 9.67 Å². The van der Waals surface area contributed by atoms with Gasteiger partial charge in [0.1, 0.15) is 6.73 Å². The van der Waals surface area contributed by atoms with Gasteiger partial charge < -0.3 is 8.92 Å². The fourth-order valence-electron chi connectivity index (χ4n) is 3.29. The molecule has 7 nitrogen and oxygen atoms in total. The lowest BCUT2D eigenvalue weighted by Gasteiger charge is -2.16. The van der Waals surface area contributed by atoms with Crippen LogP contribution in [-0.2, 0) is 28.0 Å². The summed E-state index contributed by atoms with van der Waals surface area (Å²) in [5, 5.41) is 4.22. The molecule has 0 N–H and O–H groups in total. The van der Waals surface area contributed by atoms with E-state index in [1.165, 1.54) is 10.9 Å². The van der Waals surface area contributed by atoms with Crippen molar-refractivity contribution in [2.45, 2.75) is 58.2 Å². The van der Waals surface area contributed by atoms with Crippen LogP contribution < -0.4 is 4.18 Å². The van der Waals surface area contributed by atoms with E-state index in [-0.39, 0.29) is 17.8 Å². The van der Waals surface area contributed by atoms with Crippen molar-refractivity contribution in [3.63, 3.8) is 0 Å². The Kier molecular flexibility index (Phi) is 7.44. The summed E-state index contributed by atoms with van der Waals surface area (Å²) < 4.78 is 74.3. The Balaban J connectivity index is 2.10. The highest BCUT2D eigenvalue weighted by Crippen LogP contribution is 2.34. The van der Waals surface area contributed by atoms with Gasteiger partial charge in [0.05, 0.1) is 22.8 Å². The van der Waals surface area contributed by atoms with Crippen molar-refractivity contribution in [1.29, 1.82) is 0 Å². The highest BCUT2D eigenvalue weighted by molar-refractivity contribution is 7.88. The minimum absolute atomic E-state index is 0.0375. The van der Waals surface area contributed by atoms with E-state index in [2.05, 4.69) is 33.9 Å². The third kappa shape index (κ3) is 5.97. The molecule has 0 saturated heterocycles. The third-order valence-electron chi connectivity index (χ3n) is 5.21. The molecule has 0 aliphatic carbocycles. The van der Waals surface area contributed by atoms with Crippen molar-refractivity contribution in [2.24, 2.45) is 0 Å². The third-order valence-corrected chi connectivity index (χ3v) is 7.85. The van der Waals surface area contributed by atoms with Gasteiger partial charge in [-0.15, -0.1) is 0 Å². The lowest BCUT2D eigenvalue weighted by atomic mass is 9.99. The predicted molar refractivity (Wildman–Crippen MR) is 127 cm³/mol. The van der Waals surface area contributed by atoms with Crippen molar-refractivity contribution < 1.29 is 30.5 Å². The second-order valence-corrected chi connectivity index (χ2v) is 16.4. The molecule has 0 saturated carbocycles. The fourth-order valence-corrected chi connectivity index (χ4v) is 4.48. The number of halogens is 3. The molecular formula is C22H28F3N3O4SSi. The summed E-state index contributed by atoms with van der Waals surface area (Å²) in [6, 6.07) is 8.19. The Hall–Kier alpha value is -2.44. The Labute approximate surface area is 198 Å². The maximum atomic E-state index is 13.0. The van der Waals surface area contributed by atoms with Gasteiger partial charge in [-0.05, 0) is 31.0 Å². The average molecular weight is 516 g/mol. The molecule has 0 radical (unpaired) electrons. The quantitative estimate of drug-likeness (QED) is 0.162. The smallest absolute Gasteiger partial charge is 0.360 e. The number of fused-ring (bicyclic) bond motifs is 1. The van der Waals surface area contributed by atoms with E-state index in [4.69, 9.17) is 4.74 Å². The van der Waals surface area contributed by atoms with Crippen LogP contribution in [0.1, 0.15) is 18.1 Å². The number of alkyl halides is 3. The Bertz CT molecular complexity index is 1290. The molecule has 0 bridgehead atoms. The minimum Gasteiger partial charge on any atom is -0.360 e. The number of nitrogens with zero attached hydrogens (tertiary/aromatic N) is 3. The second-order valence-electron chi connectivity index (χ2n) is 9.23. The van der Waals surface area contributed by atoms with E-state index >= 15 is 0 Å². The van der Waals surface area contributed by atoms with Gasteiger partial charge in [0.2, 0.25) is 5.88 Å². The first-order chi connectivity index (χ1) is 15.7. The lowest BCUT2D eigenvalue weighted by Crippen LogP contribution is -2.28. The van der Waals surface area contributed by atoms with Crippen molar-refractivity contribution in [3.05, 3.63) is 41.6 Å². The molecule has 3 rings (SSSR count). The van der Waals surface area contributed by atoms with Crippen molar-refractivity contribution >= 4 is 29.1 Å². The molecule has 0 fully saturated rings. The maximum Gasteiger partial charge on any atom is 0.534 e. The summed E-state index contributed by atoms with van der Waals surface area (Å²) in [6.07, 6.45) is 1.87. The van der Waals surface area contributed by atoms with Gasteiger partial charge in [0.15, 0.2) is 0 Å². The first-order valence-electron chi connectivity index (χ1n) is 10.8. The summed E-state index contributed by atoms with van der Waals surface area (Å²) in [7, 11) is -7.23. The molecular weight excluding hydrogens is 487 g/mol. The molecule has 0 spiro atoms. The number of benzene rings is 1. The molecule has 1 aromatic carbocycles. The van der Waals surface area contributed by atoms with Crippen LogP contribution in [0, 0.1) is 6.92 Å². The molecule has 12 heteroatoms. The van der Waals surface area contributed by atoms with Crippen molar-refractivity contribution in [1.82, 2.24) is 14.8 Å². The van der Waals surface area contributed by atoms with Crippen LogP contribution in [0.25, 0.3) is 22.2 Å². The van der Waals surface area contributed by atoms with Crippen molar-refractivity contribution in [2.75, 3.05) is 6.61 Å². The van der Waals surface area contributed by atoms with Crippen LogP contribution in [0.4, 0.5) is 13.2 Å². The van der Waals surface area contributed by atoms with Gasteiger partial charge in [-0.2, -0.15) is 26.7 Å². The number of aryl methyl sites for hydroxylation is 2. The van der Waals surface area contributed by atoms with E-state index in [0.29, 0.717) is 24.1 Å². The maximum absolute atomic E-state index is 13.0. The van der Waals surface area contributed by atoms with Crippen LogP contribution >= 0.6 is 0 Å². The second kappa shape index (κ2) is 9.66. The zero-order valence-corrected chi connectivity index (χ0v) is 21.5. The summed E-state index contributed by atoms with van der Waals surface area (Å²) in [5.41, 5.74) is -2.37. The van der Waals surface area contributed by atoms with E-state index in [1.54, 1.807) is 12.1 Å². The zero-order valence-electron chi connectivity index (χ0n) is 19.7. The average Bonchev–Trinajstić information content (AvgIpc) is 3.12. The highest BCUT2D eigenvalue weighted by Gasteiger charge is 2.49. The van der Waals surface area contributed by atoms with Crippen molar-refractivity contribution in [3.8, 4) is 17.1 Å². The van der Waals surface area contributed by atoms with E-state index < -0.39 is 29.6 Å². The number of hydrogen-bond acceptors (Lipinski definition) is 6. The van der Waals surface area contributed by atoms with Crippen LogP contribution in [0.5, 0.6) is 5.88 Å². The van der Waals surface area contributed by atoms with Gasteiger partial charge in [-0.3, -0.25) is 0 Å². The fraction of sp³-hybridized carbons (Fsp3) is 0.455. The van der Waals surface area contributed by atoms with Crippen LogP contribution in [0.3, 0.4) is 0 Å². The van der Waals surface area contributed by atoms with E-state index in [9.17, 15) is 21.6 Å². The van der Waals surface area contributed by atoms with Crippen LogP contribution in [0.2, 0.25) is 25.7 Å². The van der Waals surface area contributed by atoms with E-state index in [0.717, 1.165) is 17.2 Å². The molecule has 0 atom stereocenters. The van der Waals surface area contributed by atoms with Crippen LogP contribution in [0.15, 0.2) is 30.5 Å². The number of hydrogen-bond donors (Lipinski definition) is 0. The molecule has 0 unspecified atom stereocenters. The van der Waals surface area contributed by atoms with Gasteiger partial charge in [0.25, 0.3) is 0 Å². The first-order valence-corrected chi connectivity index (χ1v) is 15.9. The molecule has 3 aromatic rings. The highest BCUT2D eigenvalue weighted by atomic mass is 32.2. The SMILES string of the molecule is CCc1cc(C)ccc1-c1cc2c(cnn2COCC[Si](C)(C)C)c(OS(=O)(=O)C(F)(F)F)n1. The normalized spacial score (nSPS) is 12.9. The summed E-state index contributed by atoms with van der Waals surface area (Å²) in [5.74, 6) is -0.680. The summed E-state index contributed by atoms with van der Waals surface area (Å²) in [4.78, 5) is 4.16. The molecule has 0 amide bonds. The molecule has 2 aromatic heterocycles. The number of pyridine rings is 1. The Morgan fingerprint density at radius 1 is 1.15 bits per heavy atom. The van der Waals surface area contributed by atoms with Crippen LogP contribution in [-0.4, -0.2) is 43.4 Å². The number of ether oxygens (including phenoxy) is 1. The monoisotopic (exact) mass is 515 g/mol. The van der Waals surface area contributed by atoms with Gasteiger partial charge in [-0.1, -0.05) is 50.3 Å². The topological polar surface area (TPSA) is 83.3 Å². The Morgan fingerprint density at radius 2 is 1.85 bits per heavy atom. The largest absolute Gasteiger partial charge is 0.534 e. The summed E-state index contributed by atoms with van der Waals surface area (Å²) >= 11 is 0. The molecule has 0 aliphatic heterocycles. The first kappa shape index (κ1) is 26.2. The molecule has 2 heterocycles. The predicted octanol–water partition coefficient (Wildman–Crippen LogP) is 5.51. The molecule has 0 aliphatic rings. The number of rotatable bonds is 9. The lowest BCUT2D eigenvalue weighted by molar-refractivity contribution is -0.0500.